The first-order chi connectivity index (χ1) is 18.3. The molecule has 0 unspecified atom stereocenters. The maximum absolute atomic E-state index is 14.0. The molecular formula is C28H25FN2O8. The van der Waals surface area contributed by atoms with E-state index in [1.54, 1.807) is 14.1 Å². The van der Waals surface area contributed by atoms with Crippen molar-refractivity contribution in [3.63, 3.8) is 0 Å². The summed E-state index contributed by atoms with van der Waals surface area (Å²) in [5.41, 5.74) is 2.30. The van der Waals surface area contributed by atoms with Crippen LogP contribution in [0.15, 0.2) is 53.0 Å². The Hall–Kier alpha value is -4.35. The summed E-state index contributed by atoms with van der Waals surface area (Å²) in [7, 11) is 3.09. The van der Waals surface area contributed by atoms with Crippen molar-refractivity contribution in [1.82, 2.24) is 4.90 Å². The molecule has 6 N–H and O–H groups in total. The van der Waals surface area contributed by atoms with Gasteiger partial charge in [0.2, 0.25) is 5.78 Å². The number of carbonyl (C=O) groups excluding carboxylic acids is 4. The van der Waals surface area contributed by atoms with Gasteiger partial charge >= 0.3 is 0 Å². The van der Waals surface area contributed by atoms with Crippen LogP contribution in [0.25, 0.3) is 11.1 Å². The lowest BCUT2D eigenvalue weighted by molar-refractivity contribution is -0.148. The minimum absolute atomic E-state index is 0.0616. The van der Waals surface area contributed by atoms with Crippen LogP contribution in [-0.4, -0.2) is 74.8 Å². The molecule has 10 nitrogen and oxygen atoms in total. The van der Waals surface area contributed by atoms with Gasteiger partial charge in [0.25, 0.3) is 5.91 Å². The van der Waals surface area contributed by atoms with Crippen molar-refractivity contribution in [3.05, 3.63) is 75.5 Å². The number of carbonyl (C=O) groups is 4. The number of likely N-dealkylation sites (N-methyl/N-ethyl adjacent to an activating group) is 1. The minimum atomic E-state index is -2.73. The van der Waals surface area contributed by atoms with Crippen LogP contribution in [0.2, 0.25) is 0 Å². The third-order valence-electron chi connectivity index (χ3n) is 8.04. The van der Waals surface area contributed by atoms with Crippen molar-refractivity contribution in [3.8, 4) is 16.9 Å². The first-order valence-electron chi connectivity index (χ1n) is 12.1. The van der Waals surface area contributed by atoms with E-state index >= 15 is 0 Å². The Kier molecular flexibility index (Phi) is 5.96. The predicted octanol–water partition coefficient (Wildman–Crippen LogP) is 1.74. The van der Waals surface area contributed by atoms with Gasteiger partial charge in [-0.25, -0.2) is 4.39 Å². The number of primary amides is 1. The van der Waals surface area contributed by atoms with E-state index in [0.717, 1.165) is 6.07 Å². The third-order valence-corrected chi connectivity index (χ3v) is 8.04. The van der Waals surface area contributed by atoms with Gasteiger partial charge in [-0.15, -0.1) is 0 Å². The van der Waals surface area contributed by atoms with E-state index in [4.69, 9.17) is 5.73 Å². The number of benzene rings is 2. The molecule has 0 radical (unpaired) electrons. The predicted molar refractivity (Wildman–Crippen MR) is 134 cm³/mol. The number of hydrogen-bond donors (Lipinski definition) is 5. The molecule has 0 saturated heterocycles. The van der Waals surface area contributed by atoms with Crippen molar-refractivity contribution in [2.24, 2.45) is 17.6 Å². The standard InChI is InChI=1S/C28H25FN2O8/c1-31(2)22-16-9-12-8-15-14(11-3-5-17(29)13(7-11)10-32)4-6-18(33)20(15)23(34)19(12)25(36)28(16,39)26(37)21(24(22)35)27(30)38/h3-7,10,12,16,22,33,35-36,39H,8-9H2,1-2H3,(H2,30,38)/t12-,16-,22-,28-/m1/s1. The topological polar surface area (TPSA) is 178 Å². The van der Waals surface area contributed by atoms with Crippen molar-refractivity contribution < 1.29 is 44.0 Å². The Balaban J connectivity index is 1.72. The highest BCUT2D eigenvalue weighted by molar-refractivity contribution is 6.24. The van der Waals surface area contributed by atoms with E-state index < -0.39 is 69.6 Å². The first-order valence-corrected chi connectivity index (χ1v) is 12.1. The number of Topliss-reactive ketones (excluding diaryl/α,β-unsaturated/α-hetero) is 2. The highest BCUT2D eigenvalue weighted by Gasteiger charge is 2.63. The second-order valence-corrected chi connectivity index (χ2v) is 10.3. The summed E-state index contributed by atoms with van der Waals surface area (Å²) in [6, 6.07) is 5.52. The summed E-state index contributed by atoms with van der Waals surface area (Å²) in [6.07, 6.45) is 0.357. The van der Waals surface area contributed by atoms with Gasteiger partial charge in [0, 0.05) is 11.5 Å². The number of aldehydes is 1. The van der Waals surface area contributed by atoms with E-state index in [2.05, 4.69) is 0 Å². The molecule has 5 rings (SSSR count). The van der Waals surface area contributed by atoms with E-state index in [1.165, 1.54) is 29.2 Å². The number of nitrogens with two attached hydrogens (primary N) is 1. The van der Waals surface area contributed by atoms with E-state index in [-0.39, 0.29) is 29.5 Å². The second-order valence-electron chi connectivity index (χ2n) is 10.3. The maximum Gasteiger partial charge on any atom is 0.255 e. The third kappa shape index (κ3) is 3.53. The molecule has 202 valence electrons. The smallest absolute Gasteiger partial charge is 0.255 e. The monoisotopic (exact) mass is 536 g/mol. The van der Waals surface area contributed by atoms with Crippen molar-refractivity contribution in [1.29, 1.82) is 0 Å². The molecule has 0 bridgehead atoms. The number of aliphatic hydroxyl groups excluding tert-OH is 2. The molecule has 1 amide bonds. The second kappa shape index (κ2) is 8.85. The number of halogens is 1. The molecule has 11 heteroatoms. The molecule has 0 saturated carbocycles. The van der Waals surface area contributed by atoms with E-state index in [1.807, 2.05) is 0 Å². The van der Waals surface area contributed by atoms with E-state index in [0.29, 0.717) is 23.0 Å². The van der Waals surface area contributed by atoms with Crippen LogP contribution < -0.4 is 5.73 Å². The molecule has 4 atom stereocenters. The molecular weight excluding hydrogens is 511 g/mol. The van der Waals surface area contributed by atoms with Gasteiger partial charge in [0.05, 0.1) is 17.2 Å². The number of aliphatic hydroxyl groups is 3. The van der Waals surface area contributed by atoms with Crippen LogP contribution in [0, 0.1) is 17.7 Å². The SMILES string of the molecule is CN(C)[C@H]1C(O)=C(C(N)=O)C(=O)[C@]2(O)C(O)=C3C(=O)c4c(O)ccc(-c5ccc(F)c(C=O)c5)c4C[C@@H]3C[C@H]12. The van der Waals surface area contributed by atoms with Crippen LogP contribution in [0.4, 0.5) is 4.39 Å². The lowest BCUT2D eigenvalue weighted by Gasteiger charge is -2.50. The Labute approximate surface area is 221 Å². The van der Waals surface area contributed by atoms with Crippen LogP contribution in [0.5, 0.6) is 5.75 Å². The van der Waals surface area contributed by atoms with Gasteiger partial charge in [-0.1, -0.05) is 12.1 Å². The van der Waals surface area contributed by atoms with Gasteiger partial charge in [-0.3, -0.25) is 24.1 Å². The summed E-state index contributed by atoms with van der Waals surface area (Å²) < 4.78 is 14.0. The quantitative estimate of drug-likeness (QED) is 0.287. The molecule has 0 spiro atoms. The minimum Gasteiger partial charge on any atom is -0.510 e. The zero-order chi connectivity index (χ0) is 28.5. The Bertz CT molecular complexity index is 1560. The number of fused-ring (bicyclic) bond motifs is 3. The summed E-state index contributed by atoms with van der Waals surface area (Å²) >= 11 is 0. The highest BCUT2D eigenvalue weighted by Crippen LogP contribution is 2.53. The average Bonchev–Trinajstić information content (AvgIpc) is 2.86. The molecule has 2 aromatic rings. The molecule has 0 heterocycles. The lowest BCUT2D eigenvalue weighted by atomic mass is 9.58. The van der Waals surface area contributed by atoms with Crippen LogP contribution in [-0.2, 0) is 16.0 Å². The average molecular weight is 537 g/mol. The molecule has 0 aromatic heterocycles. The normalized spacial score (nSPS) is 26.3. The van der Waals surface area contributed by atoms with Crippen LogP contribution in [0.1, 0.15) is 32.7 Å². The zero-order valence-electron chi connectivity index (χ0n) is 20.9. The summed E-state index contributed by atoms with van der Waals surface area (Å²) in [5, 5.41) is 44.5. The molecule has 3 aliphatic rings. The molecule has 0 fully saturated rings. The fraction of sp³-hybridized carbons (Fsp3) is 0.286. The molecule has 3 aliphatic carbocycles. The van der Waals surface area contributed by atoms with Crippen molar-refractivity contribution in [2.75, 3.05) is 14.1 Å². The Morgan fingerprint density at radius 1 is 1.15 bits per heavy atom. The number of phenolic OH excluding ortho intramolecular Hbond substituents is 1. The molecule has 39 heavy (non-hydrogen) atoms. The Morgan fingerprint density at radius 2 is 1.85 bits per heavy atom. The number of rotatable bonds is 4. The number of amides is 1. The highest BCUT2D eigenvalue weighted by atomic mass is 19.1. The van der Waals surface area contributed by atoms with Gasteiger partial charge in [-0.05, 0) is 67.7 Å². The summed E-state index contributed by atoms with van der Waals surface area (Å²) in [4.78, 5) is 52.0. The number of phenols is 1. The largest absolute Gasteiger partial charge is 0.510 e. The van der Waals surface area contributed by atoms with Crippen molar-refractivity contribution in [2.45, 2.75) is 24.5 Å². The van der Waals surface area contributed by atoms with E-state index in [9.17, 15) is 44.0 Å². The number of hydrogen-bond acceptors (Lipinski definition) is 9. The zero-order valence-corrected chi connectivity index (χ0v) is 20.9. The number of ketones is 2. The number of nitrogens with zero attached hydrogens (tertiary/aromatic N) is 1. The first kappa shape index (κ1) is 26.3. The van der Waals surface area contributed by atoms with Gasteiger partial charge in [0.15, 0.2) is 17.7 Å². The lowest BCUT2D eigenvalue weighted by Crippen LogP contribution is -2.63. The Morgan fingerprint density at radius 3 is 2.46 bits per heavy atom. The van der Waals surface area contributed by atoms with Crippen LogP contribution in [0.3, 0.4) is 0 Å². The van der Waals surface area contributed by atoms with Gasteiger partial charge in [-0.2, -0.15) is 0 Å². The molecule has 0 aliphatic heterocycles. The van der Waals surface area contributed by atoms with Crippen molar-refractivity contribution >= 4 is 23.8 Å². The maximum atomic E-state index is 14.0. The number of aromatic hydroxyl groups is 1. The van der Waals surface area contributed by atoms with Crippen LogP contribution >= 0.6 is 0 Å². The summed E-state index contributed by atoms with van der Waals surface area (Å²) in [5.74, 6) is -8.12. The number of allylic oxidation sites excluding steroid dienone is 1. The fourth-order valence-electron chi connectivity index (χ4n) is 6.32. The summed E-state index contributed by atoms with van der Waals surface area (Å²) in [6.45, 7) is 0. The van der Waals surface area contributed by atoms with Gasteiger partial charge in [0.1, 0.15) is 28.7 Å². The van der Waals surface area contributed by atoms with Gasteiger partial charge < -0.3 is 26.2 Å². The molecule has 2 aromatic carbocycles. The fourth-order valence-corrected chi connectivity index (χ4v) is 6.32.